The van der Waals surface area contributed by atoms with Crippen LogP contribution >= 0.6 is 0 Å². The first-order valence-corrected chi connectivity index (χ1v) is 20.8. The first-order chi connectivity index (χ1) is 27.2. The number of unbranched alkanes of at least 4 members (excludes halogenated alkanes) is 1. The third-order valence-corrected chi connectivity index (χ3v) is 11.6. The number of likely N-dealkylation sites (N-methyl/N-ethyl adjacent to an activating group) is 2. The molecule has 15 heteroatoms. The number of hydrogen-bond donors (Lipinski definition) is 1. The molecule has 0 saturated carbocycles. The summed E-state index contributed by atoms with van der Waals surface area (Å²) in [5.41, 5.74) is -2.41. The van der Waals surface area contributed by atoms with Gasteiger partial charge >= 0.3 is 18.1 Å². The standard InChI is InChI=1S/C43H70F3N3O9/c1-12-14-22-54-34(20-21-47-27-43(44,45)46)33-26-55-40(52)41(6,7)36(50)30(5)37(42(8,53-11)24-28(3)25-49(33)13-2)58-39-35(32(48(9)10)23-29(4)56-39)57-38(51)31-18-16-15-17-19-31/h15-19,28-30,32-35,37,39,47H,12-14,20-27H2,1-11H3/t28-,29-,30+,32+,33+,34-,35-,37-,39+,42-/m1/s1. The van der Waals surface area contributed by atoms with Gasteiger partial charge in [0.2, 0.25) is 0 Å². The van der Waals surface area contributed by atoms with Gasteiger partial charge in [-0.15, -0.1) is 0 Å². The van der Waals surface area contributed by atoms with Gasteiger partial charge in [-0.05, 0) is 98.6 Å². The van der Waals surface area contributed by atoms with E-state index in [4.69, 9.17) is 28.4 Å². The average molecular weight is 830 g/mol. The number of nitrogens with zero attached hydrogens (tertiary/aromatic N) is 2. The maximum atomic E-state index is 14.7. The zero-order valence-electron chi connectivity index (χ0n) is 36.6. The first kappa shape index (κ1) is 49.7. The lowest BCUT2D eigenvalue weighted by Crippen LogP contribution is -2.60. The molecule has 2 heterocycles. The van der Waals surface area contributed by atoms with E-state index in [2.05, 4.69) is 17.1 Å². The molecule has 1 N–H and O–H groups in total. The van der Waals surface area contributed by atoms with E-state index in [-0.39, 0.29) is 37.6 Å². The quantitative estimate of drug-likeness (QED) is 0.114. The van der Waals surface area contributed by atoms with Crippen molar-refractivity contribution in [1.29, 1.82) is 0 Å². The van der Waals surface area contributed by atoms with Gasteiger partial charge in [0.05, 0.1) is 48.1 Å². The highest BCUT2D eigenvalue weighted by Crippen LogP contribution is 2.39. The van der Waals surface area contributed by atoms with Gasteiger partial charge in [0, 0.05) is 26.2 Å². The zero-order valence-corrected chi connectivity index (χ0v) is 36.6. The zero-order chi connectivity index (χ0) is 43.4. The van der Waals surface area contributed by atoms with Crippen molar-refractivity contribution < 1.29 is 56.0 Å². The van der Waals surface area contributed by atoms with Gasteiger partial charge in [0.25, 0.3) is 0 Å². The highest BCUT2D eigenvalue weighted by atomic mass is 19.4. The number of hydrogen-bond acceptors (Lipinski definition) is 12. The molecule has 10 atom stereocenters. The summed E-state index contributed by atoms with van der Waals surface area (Å²) in [4.78, 5) is 46.3. The number of alkyl halides is 3. The molecule has 2 saturated heterocycles. The van der Waals surface area contributed by atoms with Gasteiger partial charge in [0.15, 0.2) is 18.2 Å². The Morgan fingerprint density at radius 3 is 2.34 bits per heavy atom. The van der Waals surface area contributed by atoms with E-state index in [1.165, 1.54) is 13.8 Å². The molecule has 0 bridgehead atoms. The van der Waals surface area contributed by atoms with E-state index in [1.54, 1.807) is 38.3 Å². The third-order valence-electron chi connectivity index (χ3n) is 11.6. The Bertz CT molecular complexity index is 1430. The van der Waals surface area contributed by atoms with Crippen molar-refractivity contribution >= 4 is 17.7 Å². The summed E-state index contributed by atoms with van der Waals surface area (Å²) in [5.74, 6) is -2.77. The molecular weight excluding hydrogens is 759 g/mol. The van der Waals surface area contributed by atoms with Gasteiger partial charge in [-0.3, -0.25) is 14.5 Å². The highest BCUT2D eigenvalue weighted by Gasteiger charge is 2.52. The van der Waals surface area contributed by atoms with Crippen molar-refractivity contribution in [3.05, 3.63) is 35.9 Å². The number of benzene rings is 1. The molecule has 332 valence electrons. The maximum Gasteiger partial charge on any atom is 0.401 e. The van der Waals surface area contributed by atoms with Crippen LogP contribution in [-0.2, 0) is 38.0 Å². The fraction of sp³-hybridized carbons (Fsp3) is 0.791. The van der Waals surface area contributed by atoms with Crippen LogP contribution < -0.4 is 5.32 Å². The minimum Gasteiger partial charge on any atom is -0.463 e. The summed E-state index contributed by atoms with van der Waals surface area (Å²) in [5, 5.41) is 2.48. The summed E-state index contributed by atoms with van der Waals surface area (Å²) >= 11 is 0. The predicted octanol–water partition coefficient (Wildman–Crippen LogP) is 6.30. The van der Waals surface area contributed by atoms with E-state index < -0.39 is 78.0 Å². The fourth-order valence-electron chi connectivity index (χ4n) is 8.28. The summed E-state index contributed by atoms with van der Waals surface area (Å²) in [7, 11) is 5.35. The van der Waals surface area contributed by atoms with Crippen molar-refractivity contribution in [1.82, 2.24) is 15.1 Å². The van der Waals surface area contributed by atoms with E-state index in [1.807, 2.05) is 52.8 Å². The molecule has 0 radical (unpaired) electrons. The van der Waals surface area contributed by atoms with E-state index >= 15 is 0 Å². The number of carbonyl (C=O) groups is 3. The number of esters is 2. The van der Waals surface area contributed by atoms with Crippen LogP contribution in [0.15, 0.2) is 30.3 Å². The lowest BCUT2D eigenvalue weighted by Gasteiger charge is -2.48. The fourth-order valence-corrected chi connectivity index (χ4v) is 8.28. The van der Waals surface area contributed by atoms with Crippen LogP contribution in [0.2, 0.25) is 0 Å². The molecule has 2 fully saturated rings. The SMILES string of the molecule is CCCCO[C@H](CCNCC(F)(F)F)[C@@H]1COC(=O)C(C)(C)C(=O)[C@H](C)[C@@H](O[C@@H]2O[C@H](C)C[C@H](N(C)C)[C@H]2OC(=O)c2ccccc2)[C@](C)(OC)C[C@@H](C)CN1CC. The predicted molar refractivity (Wildman–Crippen MR) is 214 cm³/mol. The molecule has 0 amide bonds. The summed E-state index contributed by atoms with van der Waals surface area (Å²) in [6.45, 7) is 14.8. The molecule has 58 heavy (non-hydrogen) atoms. The molecule has 1 aromatic carbocycles. The van der Waals surface area contributed by atoms with Gasteiger partial charge in [0.1, 0.15) is 12.0 Å². The van der Waals surface area contributed by atoms with Crippen LogP contribution in [0.3, 0.4) is 0 Å². The van der Waals surface area contributed by atoms with Crippen molar-refractivity contribution in [2.75, 3.05) is 60.6 Å². The maximum absolute atomic E-state index is 14.7. The molecule has 0 spiro atoms. The largest absolute Gasteiger partial charge is 0.463 e. The number of ether oxygens (including phenoxy) is 6. The number of methoxy groups -OCH3 is 1. The number of Topliss-reactive ketones (excluding diaryl/α,β-unsaturated/α-hetero) is 1. The lowest BCUT2D eigenvalue weighted by atomic mass is 9.74. The van der Waals surface area contributed by atoms with Crippen LogP contribution in [0.5, 0.6) is 0 Å². The molecular formula is C43H70F3N3O9. The summed E-state index contributed by atoms with van der Waals surface area (Å²) < 4.78 is 77.3. The monoisotopic (exact) mass is 830 g/mol. The molecule has 2 aliphatic heterocycles. The highest BCUT2D eigenvalue weighted by molar-refractivity contribution is 6.04. The molecule has 0 unspecified atom stereocenters. The number of ketones is 1. The first-order valence-electron chi connectivity index (χ1n) is 20.8. The number of cyclic esters (lactones) is 1. The van der Waals surface area contributed by atoms with E-state index in [0.29, 0.717) is 38.1 Å². The number of rotatable bonds is 16. The third kappa shape index (κ3) is 13.7. The van der Waals surface area contributed by atoms with Crippen molar-refractivity contribution in [3.8, 4) is 0 Å². The summed E-state index contributed by atoms with van der Waals surface area (Å²) in [6.07, 6.45) is -5.44. The Labute approximate surface area is 344 Å². The second-order valence-electron chi connectivity index (χ2n) is 17.1. The summed E-state index contributed by atoms with van der Waals surface area (Å²) in [6, 6.07) is 7.84. The second-order valence-corrected chi connectivity index (χ2v) is 17.1. The van der Waals surface area contributed by atoms with Crippen LogP contribution in [0, 0.1) is 17.3 Å². The average Bonchev–Trinajstić information content (AvgIpc) is 3.17. The normalized spacial score (nSPS) is 31.2. The molecule has 3 rings (SSSR count). The molecule has 0 aliphatic carbocycles. The van der Waals surface area contributed by atoms with Crippen LogP contribution in [0.25, 0.3) is 0 Å². The lowest BCUT2D eigenvalue weighted by molar-refractivity contribution is -0.295. The molecule has 12 nitrogen and oxygen atoms in total. The topological polar surface area (TPSA) is 125 Å². The number of carbonyl (C=O) groups excluding carboxylic acids is 3. The second kappa shape index (κ2) is 22.3. The Morgan fingerprint density at radius 2 is 1.76 bits per heavy atom. The Hall–Kier alpha value is -2.66. The van der Waals surface area contributed by atoms with Gasteiger partial charge in [-0.2, -0.15) is 13.2 Å². The van der Waals surface area contributed by atoms with Gasteiger partial charge in [-0.25, -0.2) is 4.79 Å². The Balaban J connectivity index is 2.07. The number of halogens is 3. The van der Waals surface area contributed by atoms with Crippen molar-refractivity contribution in [2.45, 2.75) is 142 Å². The van der Waals surface area contributed by atoms with Crippen LogP contribution in [0.4, 0.5) is 13.2 Å². The molecule has 0 aromatic heterocycles. The Morgan fingerprint density at radius 1 is 1.09 bits per heavy atom. The van der Waals surface area contributed by atoms with Crippen molar-refractivity contribution in [3.63, 3.8) is 0 Å². The van der Waals surface area contributed by atoms with Crippen molar-refractivity contribution in [2.24, 2.45) is 17.3 Å². The number of nitrogens with one attached hydrogen (secondary N) is 1. The minimum absolute atomic E-state index is 0.0360. The molecule has 2 aliphatic rings. The van der Waals surface area contributed by atoms with Gasteiger partial charge < -0.3 is 38.6 Å². The minimum atomic E-state index is -4.36. The smallest absolute Gasteiger partial charge is 0.401 e. The van der Waals surface area contributed by atoms with Gasteiger partial charge in [-0.1, -0.05) is 52.3 Å². The van der Waals surface area contributed by atoms with Crippen LogP contribution in [0.1, 0.15) is 97.9 Å². The Kier molecular flexibility index (Phi) is 19.1. The van der Waals surface area contributed by atoms with E-state index in [0.717, 1.165) is 12.8 Å². The van der Waals surface area contributed by atoms with E-state index in [9.17, 15) is 27.6 Å². The van der Waals surface area contributed by atoms with Crippen LogP contribution in [-0.4, -0.2) is 143 Å². The molecule has 1 aromatic rings.